The van der Waals surface area contributed by atoms with E-state index >= 15 is 0 Å². The standard InChI is InChI=1S/C5H8O4.HO3P/c1-3(5(8)9)2-4(6)7;1-4(2)3/h3H,2H2,1H3,(H,6,7)(H,8,9);(H-,1,2,3)/p+1. The molecule has 4 N–H and O–H groups in total. The Morgan fingerprint density at radius 3 is 1.69 bits per heavy atom. The molecular weight excluding hydrogens is 203 g/mol. The van der Waals surface area contributed by atoms with Gasteiger partial charge in [0.2, 0.25) is 0 Å². The van der Waals surface area contributed by atoms with Gasteiger partial charge >= 0.3 is 20.2 Å². The fourth-order valence-electron chi connectivity index (χ4n) is 0.349. The smallest absolute Gasteiger partial charge is 0.481 e. The third kappa shape index (κ3) is 18.2. The summed E-state index contributed by atoms with van der Waals surface area (Å²) in [6.07, 6.45) is -0.310. The van der Waals surface area contributed by atoms with Gasteiger partial charge in [0.25, 0.3) is 0 Å². The highest BCUT2D eigenvalue weighted by atomic mass is 31.1. The Hall–Kier alpha value is -1.04. The van der Waals surface area contributed by atoms with Crippen molar-refractivity contribution in [2.24, 2.45) is 5.92 Å². The summed E-state index contributed by atoms with van der Waals surface area (Å²) in [4.78, 5) is 34.1. The van der Waals surface area contributed by atoms with E-state index in [1.165, 1.54) is 6.92 Å². The van der Waals surface area contributed by atoms with Crippen LogP contribution in [-0.4, -0.2) is 31.9 Å². The Bertz CT molecular complexity index is 197. The lowest BCUT2D eigenvalue weighted by atomic mass is 10.1. The van der Waals surface area contributed by atoms with E-state index < -0.39 is 26.1 Å². The molecule has 0 aromatic carbocycles. The first-order chi connectivity index (χ1) is 5.77. The van der Waals surface area contributed by atoms with Crippen LogP contribution < -0.4 is 0 Å². The largest absolute Gasteiger partial charge is 0.692 e. The quantitative estimate of drug-likeness (QED) is 0.477. The zero-order chi connectivity index (χ0) is 11.0. The first-order valence-corrected chi connectivity index (χ1v) is 4.23. The van der Waals surface area contributed by atoms with Crippen LogP contribution in [0.5, 0.6) is 0 Å². The van der Waals surface area contributed by atoms with Crippen LogP contribution in [0.3, 0.4) is 0 Å². The molecular formula is C5H10O7P+. The van der Waals surface area contributed by atoms with Gasteiger partial charge < -0.3 is 10.2 Å². The summed E-state index contributed by atoms with van der Waals surface area (Å²) in [7, 11) is -2.87. The number of hydrogen-bond donors (Lipinski definition) is 4. The highest BCUT2D eigenvalue weighted by molar-refractivity contribution is 7.30. The second kappa shape index (κ2) is 7.60. The molecule has 0 amide bonds. The number of rotatable bonds is 3. The van der Waals surface area contributed by atoms with E-state index in [9.17, 15) is 9.59 Å². The highest BCUT2D eigenvalue weighted by Gasteiger charge is 2.13. The molecule has 0 fully saturated rings. The number of carbonyl (C=O) groups is 2. The third-order valence-electron chi connectivity index (χ3n) is 0.902. The minimum atomic E-state index is -2.87. The van der Waals surface area contributed by atoms with E-state index in [4.69, 9.17) is 24.6 Å². The van der Waals surface area contributed by atoms with Crippen molar-refractivity contribution in [2.45, 2.75) is 13.3 Å². The predicted octanol–water partition coefficient (Wildman–Crippen LogP) is -0.190. The number of carboxylic acids is 2. The van der Waals surface area contributed by atoms with Crippen molar-refractivity contribution in [1.82, 2.24) is 0 Å². The Kier molecular flexibility index (Phi) is 8.47. The second-order valence-electron chi connectivity index (χ2n) is 2.09. The maximum atomic E-state index is 9.97. The van der Waals surface area contributed by atoms with E-state index in [0.29, 0.717) is 0 Å². The Morgan fingerprint density at radius 2 is 1.62 bits per heavy atom. The van der Waals surface area contributed by atoms with E-state index in [1.807, 2.05) is 0 Å². The lowest BCUT2D eigenvalue weighted by molar-refractivity contribution is -0.147. The molecule has 0 bridgehead atoms. The van der Waals surface area contributed by atoms with Crippen LogP contribution in [0, 0.1) is 5.92 Å². The zero-order valence-corrected chi connectivity index (χ0v) is 7.64. The summed E-state index contributed by atoms with van der Waals surface area (Å²) in [6, 6.07) is 0. The van der Waals surface area contributed by atoms with E-state index in [1.54, 1.807) is 0 Å². The first kappa shape index (κ1) is 14.5. The monoisotopic (exact) mass is 213 g/mol. The van der Waals surface area contributed by atoms with Crippen molar-refractivity contribution < 1.29 is 34.2 Å². The van der Waals surface area contributed by atoms with Crippen LogP contribution in [0.25, 0.3) is 0 Å². The Balaban J connectivity index is 0. The molecule has 0 rings (SSSR count). The van der Waals surface area contributed by atoms with Crippen molar-refractivity contribution in [3.05, 3.63) is 0 Å². The lowest BCUT2D eigenvalue weighted by Crippen LogP contribution is -2.13. The first-order valence-electron chi connectivity index (χ1n) is 3.07. The number of aliphatic carboxylic acids is 2. The molecule has 1 atom stereocenters. The van der Waals surface area contributed by atoms with Gasteiger partial charge in [-0.1, -0.05) is 6.92 Å². The van der Waals surface area contributed by atoms with Crippen molar-refractivity contribution in [3.63, 3.8) is 0 Å². The van der Waals surface area contributed by atoms with Gasteiger partial charge in [-0.05, 0) is 0 Å². The van der Waals surface area contributed by atoms with Crippen molar-refractivity contribution in [1.29, 1.82) is 0 Å². The number of carboxylic acid groups (broad SMARTS) is 2. The van der Waals surface area contributed by atoms with Crippen molar-refractivity contribution in [3.8, 4) is 0 Å². The molecule has 0 saturated heterocycles. The van der Waals surface area contributed by atoms with Crippen LogP contribution in [0.15, 0.2) is 0 Å². The Morgan fingerprint density at radius 1 is 1.31 bits per heavy atom. The molecule has 8 heteroatoms. The molecule has 76 valence electrons. The Labute approximate surface area is 74.6 Å². The summed E-state index contributed by atoms with van der Waals surface area (Å²) in [5.41, 5.74) is 0. The molecule has 1 unspecified atom stereocenters. The summed E-state index contributed by atoms with van der Waals surface area (Å²) in [5, 5.41) is 16.2. The SMILES string of the molecule is CC(CC(=O)O)C(=O)O.O=[P+](O)O. The third-order valence-corrected chi connectivity index (χ3v) is 0.902. The summed E-state index contributed by atoms with van der Waals surface area (Å²) >= 11 is 0. The second-order valence-corrected chi connectivity index (χ2v) is 2.60. The zero-order valence-electron chi connectivity index (χ0n) is 6.75. The van der Waals surface area contributed by atoms with Crippen molar-refractivity contribution >= 4 is 20.2 Å². The molecule has 0 spiro atoms. The van der Waals surface area contributed by atoms with E-state index in [0.717, 1.165) is 0 Å². The maximum Gasteiger partial charge on any atom is 0.692 e. The van der Waals surface area contributed by atoms with Gasteiger partial charge in [-0.15, -0.1) is 9.79 Å². The molecule has 0 heterocycles. The van der Waals surface area contributed by atoms with E-state index in [2.05, 4.69) is 0 Å². The van der Waals surface area contributed by atoms with Gasteiger partial charge in [0.15, 0.2) is 0 Å². The van der Waals surface area contributed by atoms with Crippen LogP contribution >= 0.6 is 8.25 Å². The molecule has 7 nitrogen and oxygen atoms in total. The summed E-state index contributed by atoms with van der Waals surface area (Å²) in [5.74, 6) is -2.94. The van der Waals surface area contributed by atoms with Crippen LogP contribution in [-0.2, 0) is 14.2 Å². The van der Waals surface area contributed by atoms with Gasteiger partial charge in [-0.2, -0.15) is 0 Å². The van der Waals surface area contributed by atoms with Crippen molar-refractivity contribution in [2.75, 3.05) is 0 Å². The molecule has 0 aliphatic heterocycles. The van der Waals surface area contributed by atoms with E-state index in [-0.39, 0.29) is 6.42 Å². The van der Waals surface area contributed by atoms with Crippen LogP contribution in [0.2, 0.25) is 0 Å². The predicted molar refractivity (Wildman–Crippen MR) is 41.1 cm³/mol. The average molecular weight is 213 g/mol. The fraction of sp³-hybridized carbons (Fsp3) is 0.600. The van der Waals surface area contributed by atoms with Crippen LogP contribution in [0.4, 0.5) is 0 Å². The molecule has 0 aromatic heterocycles. The molecule has 0 aliphatic rings. The number of hydrogen-bond acceptors (Lipinski definition) is 3. The van der Waals surface area contributed by atoms with Gasteiger partial charge in [0.05, 0.1) is 12.3 Å². The summed E-state index contributed by atoms with van der Waals surface area (Å²) < 4.78 is 8.70. The molecule has 0 aliphatic carbocycles. The maximum absolute atomic E-state index is 9.97. The lowest BCUT2D eigenvalue weighted by Gasteiger charge is -1.98. The molecule has 13 heavy (non-hydrogen) atoms. The van der Waals surface area contributed by atoms with Gasteiger partial charge in [0.1, 0.15) is 0 Å². The van der Waals surface area contributed by atoms with Gasteiger partial charge in [-0.25, -0.2) is 0 Å². The molecule has 0 aromatic rings. The minimum absolute atomic E-state index is 0.310. The normalized spacial score (nSPS) is 10.7. The minimum Gasteiger partial charge on any atom is -0.481 e. The highest BCUT2D eigenvalue weighted by Crippen LogP contribution is 1.99. The fourth-order valence-corrected chi connectivity index (χ4v) is 0.349. The van der Waals surface area contributed by atoms with Crippen LogP contribution in [0.1, 0.15) is 13.3 Å². The molecule has 0 saturated carbocycles. The van der Waals surface area contributed by atoms with Gasteiger partial charge in [-0.3, -0.25) is 9.59 Å². The topological polar surface area (TPSA) is 132 Å². The van der Waals surface area contributed by atoms with Gasteiger partial charge in [0, 0.05) is 4.57 Å². The molecule has 0 radical (unpaired) electrons. The summed E-state index contributed by atoms with van der Waals surface area (Å²) in [6.45, 7) is 1.36. The average Bonchev–Trinajstić information content (AvgIpc) is 1.83.